The zero-order valence-electron chi connectivity index (χ0n) is 13.4. The second-order valence-corrected chi connectivity index (χ2v) is 6.37. The molecule has 4 unspecified atom stereocenters. The van der Waals surface area contributed by atoms with E-state index >= 15 is 0 Å². The zero-order chi connectivity index (χ0) is 16.4. The van der Waals surface area contributed by atoms with E-state index in [0.29, 0.717) is 19.1 Å². The lowest BCUT2D eigenvalue weighted by Gasteiger charge is -2.28. The Hall–Kier alpha value is -1.88. The molecule has 1 amide bonds. The molecule has 124 valence electrons. The predicted molar refractivity (Wildman–Crippen MR) is 84.8 cm³/mol. The minimum absolute atomic E-state index is 0.0921. The summed E-state index contributed by atoms with van der Waals surface area (Å²) in [6, 6.07) is 8.61. The van der Waals surface area contributed by atoms with E-state index in [9.17, 15) is 14.7 Å². The SMILES string of the molecule is CCOC(C(=O)N1CC2CCCC2C1C(=O)O)c1ccccc1. The first-order valence-corrected chi connectivity index (χ1v) is 8.33. The van der Waals surface area contributed by atoms with E-state index in [1.807, 2.05) is 37.3 Å². The van der Waals surface area contributed by atoms with Crippen molar-refractivity contribution in [3.63, 3.8) is 0 Å². The third kappa shape index (κ3) is 2.98. The Kier molecular flexibility index (Phi) is 4.66. The van der Waals surface area contributed by atoms with Crippen LogP contribution in [0.5, 0.6) is 0 Å². The topological polar surface area (TPSA) is 66.8 Å². The summed E-state index contributed by atoms with van der Waals surface area (Å²) in [5.41, 5.74) is 0.778. The number of fused-ring (bicyclic) bond motifs is 1. The zero-order valence-corrected chi connectivity index (χ0v) is 13.4. The summed E-state index contributed by atoms with van der Waals surface area (Å²) >= 11 is 0. The molecule has 1 aliphatic carbocycles. The molecule has 5 heteroatoms. The Morgan fingerprint density at radius 2 is 2.04 bits per heavy atom. The number of carboxylic acids is 1. The molecule has 1 saturated carbocycles. The number of hydrogen-bond donors (Lipinski definition) is 1. The summed E-state index contributed by atoms with van der Waals surface area (Å²) in [5, 5.41) is 9.63. The van der Waals surface area contributed by atoms with E-state index in [2.05, 4.69) is 0 Å². The van der Waals surface area contributed by atoms with Crippen LogP contribution in [0.3, 0.4) is 0 Å². The van der Waals surface area contributed by atoms with Crippen LogP contribution in [0, 0.1) is 11.8 Å². The Balaban J connectivity index is 1.86. The van der Waals surface area contributed by atoms with Crippen LogP contribution in [0.4, 0.5) is 0 Å². The standard InChI is InChI=1S/C18H23NO4/c1-2-23-16(12-7-4-3-5-8-12)17(20)19-11-13-9-6-10-14(13)15(19)18(21)22/h3-5,7-8,13-16H,2,6,9-11H2,1H3,(H,21,22). The quantitative estimate of drug-likeness (QED) is 0.906. The van der Waals surface area contributed by atoms with Gasteiger partial charge in [0.15, 0.2) is 6.10 Å². The van der Waals surface area contributed by atoms with Gasteiger partial charge in [-0.3, -0.25) is 4.79 Å². The average molecular weight is 317 g/mol. The summed E-state index contributed by atoms with van der Waals surface area (Å²) in [6.45, 7) is 2.79. The van der Waals surface area contributed by atoms with Crippen LogP contribution in [0.1, 0.15) is 37.9 Å². The molecule has 4 atom stereocenters. The van der Waals surface area contributed by atoms with Crippen molar-refractivity contribution in [1.29, 1.82) is 0 Å². The molecule has 1 aliphatic heterocycles. The molecule has 1 aromatic carbocycles. The van der Waals surface area contributed by atoms with Gasteiger partial charge in [0.25, 0.3) is 5.91 Å². The fourth-order valence-corrected chi connectivity index (χ4v) is 4.10. The van der Waals surface area contributed by atoms with Crippen molar-refractivity contribution in [3.8, 4) is 0 Å². The highest BCUT2D eigenvalue weighted by atomic mass is 16.5. The maximum Gasteiger partial charge on any atom is 0.326 e. The first-order valence-electron chi connectivity index (χ1n) is 8.33. The number of hydrogen-bond acceptors (Lipinski definition) is 3. The molecule has 1 heterocycles. The predicted octanol–water partition coefficient (Wildman–Crippen LogP) is 2.48. The Labute approximate surface area is 136 Å². The number of amides is 1. The van der Waals surface area contributed by atoms with Gasteiger partial charge in [0.2, 0.25) is 0 Å². The lowest BCUT2D eigenvalue weighted by Crippen LogP contribution is -2.45. The first-order chi connectivity index (χ1) is 11.1. The van der Waals surface area contributed by atoms with E-state index in [1.54, 1.807) is 4.90 Å². The fraction of sp³-hybridized carbons (Fsp3) is 0.556. The molecule has 23 heavy (non-hydrogen) atoms. The molecule has 0 spiro atoms. The average Bonchev–Trinajstić information content (AvgIpc) is 3.13. The van der Waals surface area contributed by atoms with Gasteiger partial charge in [-0.05, 0) is 37.2 Å². The van der Waals surface area contributed by atoms with Crippen molar-refractivity contribution in [1.82, 2.24) is 4.90 Å². The summed E-state index contributed by atoms with van der Waals surface area (Å²) in [7, 11) is 0. The van der Waals surface area contributed by atoms with Gasteiger partial charge in [-0.25, -0.2) is 4.79 Å². The third-order valence-corrected chi connectivity index (χ3v) is 5.09. The second-order valence-electron chi connectivity index (χ2n) is 6.37. The van der Waals surface area contributed by atoms with Gasteiger partial charge in [-0.2, -0.15) is 0 Å². The number of nitrogens with zero attached hydrogens (tertiary/aromatic N) is 1. The van der Waals surface area contributed by atoms with Crippen LogP contribution < -0.4 is 0 Å². The normalized spacial score (nSPS) is 27.7. The van der Waals surface area contributed by atoms with Crippen molar-refractivity contribution in [2.45, 2.75) is 38.3 Å². The number of aliphatic carboxylic acids is 1. The number of benzene rings is 1. The van der Waals surface area contributed by atoms with E-state index in [0.717, 1.165) is 24.8 Å². The van der Waals surface area contributed by atoms with Crippen molar-refractivity contribution >= 4 is 11.9 Å². The minimum atomic E-state index is -0.893. The van der Waals surface area contributed by atoms with Crippen LogP contribution in [-0.2, 0) is 14.3 Å². The number of carbonyl (C=O) groups is 2. The Morgan fingerprint density at radius 3 is 2.70 bits per heavy atom. The van der Waals surface area contributed by atoms with Crippen LogP contribution in [0.15, 0.2) is 30.3 Å². The Bertz CT molecular complexity index is 574. The minimum Gasteiger partial charge on any atom is -0.480 e. The molecule has 2 aliphatic rings. The summed E-state index contributed by atoms with van der Waals surface area (Å²) < 4.78 is 5.67. The number of carbonyl (C=O) groups excluding carboxylic acids is 1. The van der Waals surface area contributed by atoms with Crippen LogP contribution in [0.25, 0.3) is 0 Å². The molecule has 5 nitrogen and oxygen atoms in total. The molecule has 2 fully saturated rings. The van der Waals surface area contributed by atoms with Gasteiger partial charge in [-0.15, -0.1) is 0 Å². The van der Waals surface area contributed by atoms with Gasteiger partial charge < -0.3 is 14.7 Å². The highest BCUT2D eigenvalue weighted by Crippen LogP contribution is 2.43. The molecule has 3 rings (SSSR count). The lowest BCUT2D eigenvalue weighted by molar-refractivity contribution is -0.155. The van der Waals surface area contributed by atoms with Crippen LogP contribution in [-0.4, -0.2) is 41.1 Å². The summed E-state index contributed by atoms with van der Waals surface area (Å²) in [5.74, 6) is -0.705. The molecular weight excluding hydrogens is 294 g/mol. The summed E-state index contributed by atoms with van der Waals surface area (Å²) in [4.78, 5) is 26.3. The molecule has 0 bridgehead atoms. The van der Waals surface area contributed by atoms with Gasteiger partial charge in [0.1, 0.15) is 6.04 Å². The fourth-order valence-electron chi connectivity index (χ4n) is 4.10. The van der Waals surface area contributed by atoms with Gasteiger partial charge in [-0.1, -0.05) is 36.8 Å². The third-order valence-electron chi connectivity index (χ3n) is 5.09. The van der Waals surface area contributed by atoms with Crippen molar-refractivity contribution in [3.05, 3.63) is 35.9 Å². The van der Waals surface area contributed by atoms with Crippen molar-refractivity contribution in [2.24, 2.45) is 11.8 Å². The number of rotatable bonds is 5. The van der Waals surface area contributed by atoms with Crippen molar-refractivity contribution < 1.29 is 19.4 Å². The molecule has 1 aromatic rings. The van der Waals surface area contributed by atoms with E-state index in [1.165, 1.54) is 0 Å². The monoisotopic (exact) mass is 317 g/mol. The molecule has 1 saturated heterocycles. The Morgan fingerprint density at radius 1 is 1.30 bits per heavy atom. The molecule has 0 radical (unpaired) electrons. The molecule has 0 aromatic heterocycles. The van der Waals surface area contributed by atoms with Crippen LogP contribution in [0.2, 0.25) is 0 Å². The highest BCUT2D eigenvalue weighted by Gasteiger charge is 2.50. The molecule has 1 N–H and O–H groups in total. The van der Waals surface area contributed by atoms with Gasteiger partial charge >= 0.3 is 5.97 Å². The second kappa shape index (κ2) is 6.71. The van der Waals surface area contributed by atoms with Gasteiger partial charge in [0, 0.05) is 13.2 Å². The molecular formula is C18H23NO4. The lowest BCUT2D eigenvalue weighted by atomic mass is 9.94. The van der Waals surface area contributed by atoms with E-state index < -0.39 is 18.1 Å². The van der Waals surface area contributed by atoms with E-state index in [4.69, 9.17) is 4.74 Å². The number of likely N-dealkylation sites (tertiary alicyclic amines) is 1. The maximum absolute atomic E-state index is 13.0. The smallest absolute Gasteiger partial charge is 0.326 e. The van der Waals surface area contributed by atoms with Gasteiger partial charge in [0.05, 0.1) is 0 Å². The van der Waals surface area contributed by atoms with E-state index in [-0.39, 0.29) is 11.8 Å². The maximum atomic E-state index is 13.0. The number of carboxylic acid groups (broad SMARTS) is 1. The van der Waals surface area contributed by atoms with Crippen LogP contribution >= 0.6 is 0 Å². The largest absolute Gasteiger partial charge is 0.480 e. The first kappa shape index (κ1) is 16.0. The summed E-state index contributed by atoms with van der Waals surface area (Å²) in [6.07, 6.45) is 2.26. The van der Waals surface area contributed by atoms with Crippen molar-refractivity contribution in [2.75, 3.05) is 13.2 Å². The number of ether oxygens (including phenoxy) is 1. The highest BCUT2D eigenvalue weighted by molar-refractivity contribution is 5.88.